The molecule has 13 heavy (non-hydrogen) atoms. The maximum Gasteiger partial charge on any atom is 0.0682 e. The van der Waals surface area contributed by atoms with Gasteiger partial charge in [0.2, 0.25) is 0 Å². The van der Waals surface area contributed by atoms with Gasteiger partial charge in [-0.3, -0.25) is 0 Å². The molecule has 0 heterocycles. The minimum absolute atomic E-state index is 0.0419. The normalized spacial score (nSPS) is 10.0. The van der Waals surface area contributed by atoms with Crippen molar-refractivity contribution in [2.24, 2.45) is 0 Å². The number of aliphatic hydroxyl groups is 2. The zero-order valence-corrected chi connectivity index (χ0v) is 7.53. The third kappa shape index (κ3) is 2.68. The van der Waals surface area contributed by atoms with Crippen molar-refractivity contribution in [3.8, 4) is 0 Å². The molecule has 1 rings (SSSR count). The van der Waals surface area contributed by atoms with Gasteiger partial charge in [0.25, 0.3) is 0 Å². The van der Waals surface area contributed by atoms with Crippen LogP contribution in [0.15, 0.2) is 30.8 Å². The van der Waals surface area contributed by atoms with Crippen LogP contribution in [0.3, 0.4) is 0 Å². The molecule has 0 aliphatic heterocycles. The summed E-state index contributed by atoms with van der Waals surface area (Å²) in [6.45, 7) is 4.00. The largest absolute Gasteiger partial charge is 0.396 e. The van der Waals surface area contributed by atoms with Gasteiger partial charge >= 0.3 is 0 Å². The fraction of sp³-hybridized carbons (Fsp3) is 0.273. The summed E-state index contributed by atoms with van der Waals surface area (Å²) in [5.74, 6) is 0. The first-order valence-corrected chi connectivity index (χ1v) is 4.26. The van der Waals surface area contributed by atoms with Gasteiger partial charge in [0.05, 0.1) is 6.61 Å². The quantitative estimate of drug-likeness (QED) is 0.734. The third-order valence-corrected chi connectivity index (χ3v) is 1.93. The first-order chi connectivity index (χ1) is 6.27. The SMILES string of the molecule is C=C(CCO)c1cccc(CO)c1. The fourth-order valence-corrected chi connectivity index (χ4v) is 1.17. The summed E-state index contributed by atoms with van der Waals surface area (Å²) in [4.78, 5) is 0. The highest BCUT2D eigenvalue weighted by Gasteiger charge is 1.98. The second-order valence-electron chi connectivity index (χ2n) is 2.94. The van der Waals surface area contributed by atoms with E-state index in [9.17, 15) is 0 Å². The molecule has 0 amide bonds. The van der Waals surface area contributed by atoms with E-state index in [1.807, 2.05) is 24.3 Å². The lowest BCUT2D eigenvalue weighted by Gasteiger charge is -2.05. The highest BCUT2D eigenvalue weighted by atomic mass is 16.3. The molecule has 0 aromatic heterocycles. The monoisotopic (exact) mass is 178 g/mol. The first-order valence-electron chi connectivity index (χ1n) is 4.26. The predicted molar refractivity (Wildman–Crippen MR) is 53.1 cm³/mol. The number of aliphatic hydroxyl groups excluding tert-OH is 2. The Kier molecular flexibility index (Phi) is 3.68. The van der Waals surface area contributed by atoms with E-state index in [1.165, 1.54) is 0 Å². The molecule has 0 aliphatic carbocycles. The van der Waals surface area contributed by atoms with E-state index in [4.69, 9.17) is 10.2 Å². The van der Waals surface area contributed by atoms with Crippen molar-refractivity contribution in [2.75, 3.05) is 6.61 Å². The van der Waals surface area contributed by atoms with Crippen molar-refractivity contribution in [1.82, 2.24) is 0 Å². The maximum absolute atomic E-state index is 8.89. The summed E-state index contributed by atoms with van der Waals surface area (Å²) in [5.41, 5.74) is 2.76. The molecule has 0 fully saturated rings. The molecular formula is C11H14O2. The van der Waals surface area contributed by atoms with E-state index in [1.54, 1.807) is 0 Å². The van der Waals surface area contributed by atoms with Crippen molar-refractivity contribution >= 4 is 5.57 Å². The van der Waals surface area contributed by atoms with Crippen molar-refractivity contribution in [2.45, 2.75) is 13.0 Å². The lowest BCUT2D eigenvalue weighted by atomic mass is 10.0. The minimum Gasteiger partial charge on any atom is -0.396 e. The van der Waals surface area contributed by atoms with E-state index in [0.29, 0.717) is 6.42 Å². The molecule has 0 radical (unpaired) electrons. The van der Waals surface area contributed by atoms with Gasteiger partial charge in [0.1, 0.15) is 0 Å². The molecule has 2 nitrogen and oxygen atoms in total. The molecule has 0 saturated carbocycles. The molecule has 70 valence electrons. The molecule has 0 aliphatic rings. The molecule has 0 unspecified atom stereocenters. The van der Waals surface area contributed by atoms with Crippen molar-refractivity contribution in [3.63, 3.8) is 0 Å². The molecule has 0 saturated heterocycles. The predicted octanol–water partition coefficient (Wildman–Crippen LogP) is 1.57. The van der Waals surface area contributed by atoms with Gasteiger partial charge in [-0.1, -0.05) is 24.8 Å². The van der Waals surface area contributed by atoms with Crippen LogP contribution in [0.4, 0.5) is 0 Å². The highest BCUT2D eigenvalue weighted by Crippen LogP contribution is 2.16. The van der Waals surface area contributed by atoms with Crippen LogP contribution in [-0.4, -0.2) is 16.8 Å². The van der Waals surface area contributed by atoms with E-state index < -0.39 is 0 Å². The Hall–Kier alpha value is -1.12. The van der Waals surface area contributed by atoms with Gasteiger partial charge in [0.15, 0.2) is 0 Å². The van der Waals surface area contributed by atoms with Crippen LogP contribution in [0.5, 0.6) is 0 Å². The van der Waals surface area contributed by atoms with Crippen LogP contribution < -0.4 is 0 Å². The molecule has 2 N–H and O–H groups in total. The molecule has 1 aromatic rings. The lowest BCUT2D eigenvalue weighted by Crippen LogP contribution is -1.90. The minimum atomic E-state index is 0.0419. The van der Waals surface area contributed by atoms with Crippen molar-refractivity contribution < 1.29 is 10.2 Å². The number of hydrogen-bond donors (Lipinski definition) is 2. The van der Waals surface area contributed by atoms with Crippen LogP contribution in [0, 0.1) is 0 Å². The average molecular weight is 178 g/mol. The molecule has 0 spiro atoms. The second kappa shape index (κ2) is 4.80. The molecule has 0 atom stereocenters. The summed E-state index contributed by atoms with van der Waals surface area (Å²) in [7, 11) is 0. The van der Waals surface area contributed by atoms with Crippen LogP contribution in [-0.2, 0) is 6.61 Å². The smallest absolute Gasteiger partial charge is 0.0682 e. The Labute approximate surface area is 78.2 Å². The lowest BCUT2D eigenvalue weighted by molar-refractivity contribution is 0.282. The summed E-state index contributed by atoms with van der Waals surface area (Å²) in [6, 6.07) is 7.55. The Morgan fingerprint density at radius 1 is 1.31 bits per heavy atom. The van der Waals surface area contributed by atoms with Gasteiger partial charge in [-0.2, -0.15) is 0 Å². The summed E-state index contributed by atoms with van der Waals surface area (Å²) in [6.07, 6.45) is 0.578. The van der Waals surface area contributed by atoms with E-state index in [2.05, 4.69) is 6.58 Å². The van der Waals surface area contributed by atoms with Crippen LogP contribution in [0.25, 0.3) is 5.57 Å². The van der Waals surface area contributed by atoms with Crippen molar-refractivity contribution in [3.05, 3.63) is 42.0 Å². The summed E-state index contributed by atoms with van der Waals surface area (Å²) in [5, 5.41) is 17.6. The van der Waals surface area contributed by atoms with E-state index in [-0.39, 0.29) is 13.2 Å². The summed E-state index contributed by atoms with van der Waals surface area (Å²) < 4.78 is 0. The number of rotatable bonds is 4. The van der Waals surface area contributed by atoms with Gasteiger partial charge in [-0.05, 0) is 29.2 Å². The fourth-order valence-electron chi connectivity index (χ4n) is 1.17. The molecule has 1 aromatic carbocycles. The summed E-state index contributed by atoms with van der Waals surface area (Å²) >= 11 is 0. The van der Waals surface area contributed by atoms with E-state index >= 15 is 0 Å². The number of benzene rings is 1. The Morgan fingerprint density at radius 3 is 2.69 bits per heavy atom. The Balaban J connectivity index is 2.82. The van der Waals surface area contributed by atoms with Crippen LogP contribution in [0.2, 0.25) is 0 Å². The molecular weight excluding hydrogens is 164 g/mol. The zero-order chi connectivity index (χ0) is 9.68. The topological polar surface area (TPSA) is 40.5 Å². The highest BCUT2D eigenvalue weighted by molar-refractivity contribution is 5.63. The van der Waals surface area contributed by atoms with Gasteiger partial charge < -0.3 is 10.2 Å². The molecule has 2 heteroatoms. The van der Waals surface area contributed by atoms with Crippen LogP contribution >= 0.6 is 0 Å². The zero-order valence-electron chi connectivity index (χ0n) is 7.53. The molecule has 0 bridgehead atoms. The van der Waals surface area contributed by atoms with Crippen LogP contribution in [0.1, 0.15) is 17.5 Å². The Bertz CT molecular complexity index is 292. The van der Waals surface area contributed by atoms with Gasteiger partial charge in [-0.25, -0.2) is 0 Å². The maximum atomic E-state index is 8.89. The Morgan fingerprint density at radius 2 is 2.08 bits per heavy atom. The van der Waals surface area contributed by atoms with E-state index in [0.717, 1.165) is 16.7 Å². The van der Waals surface area contributed by atoms with Gasteiger partial charge in [-0.15, -0.1) is 0 Å². The standard InChI is InChI=1S/C11H14O2/c1-9(5-6-12)11-4-2-3-10(7-11)8-13/h2-4,7,12-13H,1,5-6,8H2. The number of hydrogen-bond acceptors (Lipinski definition) is 2. The second-order valence-corrected chi connectivity index (χ2v) is 2.94. The van der Waals surface area contributed by atoms with Crippen molar-refractivity contribution in [1.29, 1.82) is 0 Å². The third-order valence-electron chi connectivity index (χ3n) is 1.93. The first kappa shape index (κ1) is 9.96. The average Bonchev–Trinajstić information content (AvgIpc) is 2.18. The van der Waals surface area contributed by atoms with Gasteiger partial charge in [0, 0.05) is 6.61 Å².